The Kier molecular flexibility index (Phi) is 8.47. The number of halogens is 1. The van der Waals surface area contributed by atoms with Crippen molar-refractivity contribution in [2.24, 2.45) is 0 Å². The Hall–Kier alpha value is -4.02. The standard InChI is InChI=1S/C29H31FN2O7/c1-16(2)10-24(35)32(14-18-6-4-5-7-21(18)30)22-13-20(29(37)31-8-9-33)25-19-11-17(15-34)12-23(38-3)27(19)39-28(25)26(22)36/h4-7,10-13,15,22,25-26,28,33,36H,8-9,14H2,1-3H3,(H,31,37)/t22-,25+,26+,28+/m1/s1. The van der Waals surface area contributed by atoms with Gasteiger partial charge in [0, 0.05) is 41.4 Å². The molecule has 2 aromatic carbocycles. The average molecular weight is 539 g/mol. The molecule has 0 saturated carbocycles. The number of hydrogen-bond donors (Lipinski definition) is 3. The second-order valence-corrected chi connectivity index (χ2v) is 9.68. The molecule has 2 aromatic rings. The molecular formula is C29H31FN2O7. The summed E-state index contributed by atoms with van der Waals surface area (Å²) >= 11 is 0. The van der Waals surface area contributed by atoms with Gasteiger partial charge in [0.1, 0.15) is 24.3 Å². The van der Waals surface area contributed by atoms with Crippen molar-refractivity contribution >= 4 is 18.1 Å². The van der Waals surface area contributed by atoms with Crippen LogP contribution in [0.4, 0.5) is 4.39 Å². The van der Waals surface area contributed by atoms with E-state index in [9.17, 15) is 29.0 Å². The predicted octanol–water partition coefficient (Wildman–Crippen LogP) is 2.26. The maximum Gasteiger partial charge on any atom is 0.247 e. The highest BCUT2D eigenvalue weighted by Crippen LogP contribution is 2.51. The third kappa shape index (κ3) is 5.57. The summed E-state index contributed by atoms with van der Waals surface area (Å²) in [4.78, 5) is 39.7. The molecule has 1 heterocycles. The first-order valence-corrected chi connectivity index (χ1v) is 12.5. The number of fused-ring (bicyclic) bond motifs is 3. The van der Waals surface area contributed by atoms with Crippen molar-refractivity contribution in [2.75, 3.05) is 20.3 Å². The molecule has 10 heteroatoms. The van der Waals surface area contributed by atoms with Crippen LogP contribution in [0.15, 0.2) is 59.7 Å². The molecule has 0 unspecified atom stereocenters. The van der Waals surface area contributed by atoms with Gasteiger partial charge in [-0.15, -0.1) is 0 Å². The van der Waals surface area contributed by atoms with Gasteiger partial charge in [0.15, 0.2) is 11.5 Å². The van der Waals surface area contributed by atoms with Gasteiger partial charge in [0.2, 0.25) is 11.8 Å². The maximum absolute atomic E-state index is 14.6. The van der Waals surface area contributed by atoms with Crippen molar-refractivity contribution in [3.63, 3.8) is 0 Å². The van der Waals surface area contributed by atoms with Gasteiger partial charge in [-0.2, -0.15) is 0 Å². The summed E-state index contributed by atoms with van der Waals surface area (Å²) in [5.74, 6) is -1.81. The lowest BCUT2D eigenvalue weighted by atomic mass is 9.77. The van der Waals surface area contributed by atoms with Gasteiger partial charge >= 0.3 is 0 Å². The molecule has 1 aliphatic carbocycles. The normalized spacial score (nSPS) is 21.0. The Morgan fingerprint density at radius 1 is 1.23 bits per heavy atom. The molecular weight excluding hydrogens is 507 g/mol. The van der Waals surface area contributed by atoms with Gasteiger partial charge in [0.05, 0.1) is 25.7 Å². The maximum atomic E-state index is 14.6. The number of methoxy groups -OCH3 is 1. The minimum absolute atomic E-state index is 0.0260. The van der Waals surface area contributed by atoms with Crippen LogP contribution in [-0.2, 0) is 16.1 Å². The molecule has 39 heavy (non-hydrogen) atoms. The van der Waals surface area contributed by atoms with Crippen LogP contribution in [0.2, 0.25) is 0 Å². The number of hydrogen-bond acceptors (Lipinski definition) is 7. The SMILES string of the molecule is COc1cc(C=O)cc2c1O[C@@H]1[C@@H](O)[C@H](N(Cc3ccccc3F)C(=O)C=C(C)C)C=C(C(=O)NCCO)[C@H]21. The number of carbonyl (C=O) groups is 3. The molecule has 2 aliphatic rings. The molecule has 0 radical (unpaired) electrons. The van der Waals surface area contributed by atoms with Gasteiger partial charge in [-0.1, -0.05) is 23.8 Å². The van der Waals surface area contributed by atoms with Crippen LogP contribution in [0, 0.1) is 5.82 Å². The topological polar surface area (TPSA) is 125 Å². The summed E-state index contributed by atoms with van der Waals surface area (Å²) in [6.07, 6.45) is 1.14. The Balaban J connectivity index is 1.86. The van der Waals surface area contributed by atoms with E-state index in [-0.39, 0.29) is 42.3 Å². The Morgan fingerprint density at radius 3 is 2.62 bits per heavy atom. The summed E-state index contributed by atoms with van der Waals surface area (Å²) in [5.41, 5.74) is 1.87. The molecule has 0 fully saturated rings. The fraction of sp³-hybridized carbons (Fsp3) is 0.345. The molecule has 0 bridgehead atoms. The van der Waals surface area contributed by atoms with Crippen LogP contribution in [0.5, 0.6) is 11.5 Å². The van der Waals surface area contributed by atoms with Crippen molar-refractivity contribution in [2.45, 2.75) is 44.6 Å². The van der Waals surface area contributed by atoms with E-state index in [1.54, 1.807) is 32.0 Å². The lowest BCUT2D eigenvalue weighted by Gasteiger charge is -2.40. The van der Waals surface area contributed by atoms with Crippen LogP contribution in [-0.4, -0.2) is 71.7 Å². The molecule has 0 saturated heterocycles. The van der Waals surface area contributed by atoms with Crippen molar-refractivity contribution < 1.29 is 38.5 Å². The Morgan fingerprint density at radius 2 is 1.97 bits per heavy atom. The predicted molar refractivity (Wildman–Crippen MR) is 140 cm³/mol. The Bertz CT molecular complexity index is 1330. The highest BCUT2D eigenvalue weighted by Gasteiger charge is 2.51. The lowest BCUT2D eigenvalue weighted by molar-refractivity contribution is -0.133. The van der Waals surface area contributed by atoms with Crippen molar-refractivity contribution in [1.82, 2.24) is 10.2 Å². The average Bonchev–Trinajstić information content (AvgIpc) is 3.31. The van der Waals surface area contributed by atoms with E-state index >= 15 is 0 Å². The van der Waals surface area contributed by atoms with Crippen LogP contribution in [0.1, 0.15) is 41.3 Å². The third-order valence-corrected chi connectivity index (χ3v) is 6.76. The van der Waals surface area contributed by atoms with E-state index in [0.29, 0.717) is 23.0 Å². The summed E-state index contributed by atoms with van der Waals surface area (Å²) in [7, 11) is 1.41. The molecule has 1 aliphatic heterocycles. The van der Waals surface area contributed by atoms with Gasteiger partial charge < -0.3 is 29.9 Å². The Labute approximate surface area is 225 Å². The van der Waals surface area contributed by atoms with Crippen molar-refractivity contribution in [3.05, 3.63) is 82.2 Å². The van der Waals surface area contributed by atoms with Gasteiger partial charge in [-0.3, -0.25) is 14.4 Å². The molecule has 4 atom stereocenters. The summed E-state index contributed by atoms with van der Waals surface area (Å²) in [6, 6.07) is 7.99. The zero-order chi connectivity index (χ0) is 28.3. The van der Waals surface area contributed by atoms with Crippen LogP contribution < -0.4 is 14.8 Å². The summed E-state index contributed by atoms with van der Waals surface area (Å²) < 4.78 is 26.2. The van der Waals surface area contributed by atoms with E-state index in [4.69, 9.17) is 9.47 Å². The van der Waals surface area contributed by atoms with E-state index in [1.165, 1.54) is 42.4 Å². The molecule has 2 amide bonds. The van der Waals surface area contributed by atoms with E-state index in [1.807, 2.05) is 0 Å². The number of allylic oxidation sites excluding steroid dienone is 1. The number of nitrogens with one attached hydrogen (secondary N) is 1. The number of amides is 2. The van der Waals surface area contributed by atoms with Crippen LogP contribution >= 0.6 is 0 Å². The molecule has 0 aromatic heterocycles. The quantitative estimate of drug-likeness (QED) is 0.330. The lowest BCUT2D eigenvalue weighted by Crippen LogP contribution is -2.55. The molecule has 206 valence electrons. The number of ether oxygens (including phenoxy) is 2. The monoisotopic (exact) mass is 538 g/mol. The number of aliphatic hydroxyl groups excluding tert-OH is 2. The van der Waals surface area contributed by atoms with Crippen LogP contribution in [0.3, 0.4) is 0 Å². The highest BCUT2D eigenvalue weighted by atomic mass is 19.1. The second-order valence-electron chi connectivity index (χ2n) is 9.68. The van der Waals surface area contributed by atoms with E-state index in [0.717, 1.165) is 0 Å². The van der Waals surface area contributed by atoms with Crippen LogP contribution in [0.25, 0.3) is 0 Å². The first-order valence-electron chi connectivity index (χ1n) is 12.5. The smallest absolute Gasteiger partial charge is 0.247 e. The van der Waals surface area contributed by atoms with Crippen molar-refractivity contribution in [3.8, 4) is 11.5 Å². The number of aldehydes is 1. The van der Waals surface area contributed by atoms with Gasteiger partial charge in [-0.25, -0.2) is 4.39 Å². The number of nitrogens with zero attached hydrogens (tertiary/aromatic N) is 1. The first-order chi connectivity index (χ1) is 18.7. The molecule has 0 spiro atoms. The third-order valence-electron chi connectivity index (χ3n) is 6.76. The summed E-state index contributed by atoms with van der Waals surface area (Å²) in [5, 5.41) is 23.5. The zero-order valence-corrected chi connectivity index (χ0v) is 21.9. The van der Waals surface area contributed by atoms with E-state index < -0.39 is 41.8 Å². The molecule has 9 nitrogen and oxygen atoms in total. The number of benzene rings is 2. The zero-order valence-electron chi connectivity index (χ0n) is 21.9. The first kappa shape index (κ1) is 28.0. The van der Waals surface area contributed by atoms with E-state index in [2.05, 4.69) is 5.32 Å². The number of aliphatic hydroxyl groups is 2. The fourth-order valence-corrected chi connectivity index (χ4v) is 5.03. The second kappa shape index (κ2) is 11.8. The van der Waals surface area contributed by atoms with Crippen molar-refractivity contribution in [1.29, 1.82) is 0 Å². The minimum Gasteiger partial charge on any atom is -0.493 e. The number of rotatable bonds is 9. The molecule has 4 rings (SSSR count). The highest BCUT2D eigenvalue weighted by molar-refractivity contribution is 5.97. The summed E-state index contributed by atoms with van der Waals surface area (Å²) in [6.45, 7) is 2.98. The number of carbonyl (C=O) groups excluding carboxylic acids is 3. The fourth-order valence-electron chi connectivity index (χ4n) is 5.03. The van der Waals surface area contributed by atoms with Gasteiger partial charge in [-0.05, 0) is 38.1 Å². The minimum atomic E-state index is -1.33. The largest absolute Gasteiger partial charge is 0.493 e. The molecule has 3 N–H and O–H groups in total. The van der Waals surface area contributed by atoms with Gasteiger partial charge in [0.25, 0.3) is 0 Å².